The van der Waals surface area contributed by atoms with Gasteiger partial charge in [-0.05, 0) is 60.4 Å². The van der Waals surface area contributed by atoms with Gasteiger partial charge in [-0.15, -0.1) is 0 Å². The van der Waals surface area contributed by atoms with Gasteiger partial charge in [-0.1, -0.05) is 36.4 Å². The van der Waals surface area contributed by atoms with E-state index in [0.717, 1.165) is 63.1 Å². The molecule has 2 unspecified atom stereocenters. The fourth-order valence-electron chi connectivity index (χ4n) is 6.28. The van der Waals surface area contributed by atoms with Crippen molar-refractivity contribution in [2.75, 3.05) is 61.5 Å². The Hall–Kier alpha value is -3.77. The smallest absolute Gasteiger partial charge is 0.146 e. The summed E-state index contributed by atoms with van der Waals surface area (Å²) in [5.41, 5.74) is 7.25. The normalized spacial score (nSPS) is 18.8. The van der Waals surface area contributed by atoms with Gasteiger partial charge in [0.25, 0.3) is 0 Å². The number of anilines is 3. The summed E-state index contributed by atoms with van der Waals surface area (Å²) < 4.78 is 0. The number of aromatic nitrogens is 1. The van der Waals surface area contributed by atoms with Crippen molar-refractivity contribution in [1.29, 1.82) is 0 Å². The fraction of sp³-hybridized carbons (Fsp3) is 0.344. The maximum Gasteiger partial charge on any atom is 0.146 e. The van der Waals surface area contributed by atoms with Crippen LogP contribution in [-0.4, -0.2) is 69.0 Å². The molecule has 1 fully saturated rings. The fourth-order valence-corrected chi connectivity index (χ4v) is 6.28. The van der Waals surface area contributed by atoms with E-state index in [-0.39, 0.29) is 12.1 Å². The summed E-state index contributed by atoms with van der Waals surface area (Å²) >= 11 is 0. The first-order valence-corrected chi connectivity index (χ1v) is 13.7. The van der Waals surface area contributed by atoms with Gasteiger partial charge < -0.3 is 24.5 Å². The molecule has 0 radical (unpaired) electrons. The number of H-pyrrole nitrogens is 1. The lowest BCUT2D eigenvalue weighted by atomic mass is 9.91. The van der Waals surface area contributed by atoms with Crippen LogP contribution in [-0.2, 0) is 11.2 Å². The predicted molar refractivity (Wildman–Crippen MR) is 158 cm³/mol. The molecule has 0 amide bonds. The first kappa shape index (κ1) is 24.6. The second-order valence-corrected chi connectivity index (χ2v) is 10.8. The number of nitrogens with zero attached hydrogens (tertiary/aromatic N) is 4. The molecule has 0 spiro atoms. The van der Waals surface area contributed by atoms with E-state index in [1.807, 2.05) is 20.3 Å². The van der Waals surface area contributed by atoms with Crippen molar-refractivity contribution >= 4 is 34.3 Å². The minimum Gasteiger partial charge on any atom is -0.378 e. The zero-order valence-electron chi connectivity index (χ0n) is 22.4. The monoisotopic (exact) mass is 507 g/mol. The number of hydrogen-bond donors (Lipinski definition) is 1. The largest absolute Gasteiger partial charge is 0.378 e. The van der Waals surface area contributed by atoms with Crippen molar-refractivity contribution < 1.29 is 4.79 Å². The number of aromatic amines is 1. The number of rotatable bonds is 7. The van der Waals surface area contributed by atoms with E-state index in [1.54, 1.807) is 0 Å². The van der Waals surface area contributed by atoms with Crippen molar-refractivity contribution in [3.63, 3.8) is 0 Å². The quantitative estimate of drug-likeness (QED) is 0.352. The number of carbonyl (C=O) groups is 1. The third kappa shape index (κ3) is 4.65. The molecule has 4 aromatic rings. The molecule has 2 atom stereocenters. The predicted octanol–water partition coefficient (Wildman–Crippen LogP) is 5.12. The van der Waals surface area contributed by atoms with Crippen LogP contribution in [0.15, 0.2) is 79.0 Å². The zero-order chi connectivity index (χ0) is 26.1. The lowest BCUT2D eigenvalue weighted by Crippen LogP contribution is -2.53. The summed E-state index contributed by atoms with van der Waals surface area (Å²) in [7, 11) is 4.09. The summed E-state index contributed by atoms with van der Waals surface area (Å²) in [5, 5.41) is 1.30. The Balaban J connectivity index is 1.22. The molecule has 1 N–H and O–H groups in total. The zero-order valence-corrected chi connectivity index (χ0v) is 22.4. The number of aldehydes is 1. The van der Waals surface area contributed by atoms with Crippen molar-refractivity contribution in [2.24, 2.45) is 0 Å². The number of aryl methyl sites for hydroxylation is 1. The van der Waals surface area contributed by atoms with Gasteiger partial charge >= 0.3 is 0 Å². The van der Waals surface area contributed by atoms with Crippen LogP contribution in [0.1, 0.15) is 23.6 Å². The summed E-state index contributed by atoms with van der Waals surface area (Å²) in [6, 6.07) is 25.8. The number of fused-ring (bicyclic) bond motifs is 2. The highest BCUT2D eigenvalue weighted by Crippen LogP contribution is 2.37. The molecule has 6 nitrogen and oxygen atoms in total. The van der Waals surface area contributed by atoms with Gasteiger partial charge in [0.05, 0.1) is 0 Å². The van der Waals surface area contributed by atoms with E-state index in [0.29, 0.717) is 0 Å². The molecule has 0 aliphatic carbocycles. The SMILES string of the molecule is CN(C)c1ccc(C(C=O)N2c3ccccc3CCC2CN2CCN(c3cccc4[nH]ccc34)CC2)cc1. The lowest BCUT2D eigenvalue weighted by Gasteiger charge is -2.45. The lowest BCUT2D eigenvalue weighted by molar-refractivity contribution is -0.109. The van der Waals surface area contributed by atoms with Crippen molar-refractivity contribution in [3.05, 3.63) is 90.1 Å². The maximum atomic E-state index is 12.7. The summed E-state index contributed by atoms with van der Waals surface area (Å²) in [5.74, 6) is 0. The Morgan fingerprint density at radius 2 is 1.68 bits per heavy atom. The van der Waals surface area contributed by atoms with Crippen LogP contribution in [0, 0.1) is 0 Å². The van der Waals surface area contributed by atoms with E-state index >= 15 is 0 Å². The number of carbonyl (C=O) groups excluding carboxylic acids is 1. The molecule has 1 aromatic heterocycles. The number of nitrogens with one attached hydrogen (secondary N) is 1. The minimum atomic E-state index is -0.301. The van der Waals surface area contributed by atoms with E-state index in [2.05, 4.69) is 97.4 Å². The molecule has 6 rings (SSSR count). The molecule has 0 saturated carbocycles. The van der Waals surface area contributed by atoms with Gasteiger partial charge in [-0.2, -0.15) is 0 Å². The minimum absolute atomic E-state index is 0.285. The summed E-state index contributed by atoms with van der Waals surface area (Å²) in [6.45, 7) is 5.04. The number of piperazine rings is 1. The second-order valence-electron chi connectivity index (χ2n) is 10.8. The second kappa shape index (κ2) is 10.5. The van der Waals surface area contributed by atoms with Gasteiger partial charge in [-0.25, -0.2) is 0 Å². The maximum absolute atomic E-state index is 12.7. The molecule has 3 heterocycles. The Kier molecular flexibility index (Phi) is 6.81. The highest BCUT2D eigenvalue weighted by molar-refractivity contribution is 5.92. The first-order valence-electron chi connectivity index (χ1n) is 13.7. The van der Waals surface area contributed by atoms with Crippen LogP contribution in [0.3, 0.4) is 0 Å². The van der Waals surface area contributed by atoms with Crippen LogP contribution in [0.5, 0.6) is 0 Å². The van der Waals surface area contributed by atoms with Gasteiger partial charge in [0, 0.05) is 87.0 Å². The molecule has 2 aliphatic heterocycles. The topological polar surface area (TPSA) is 45.8 Å². The number of para-hydroxylation sites is 1. The van der Waals surface area contributed by atoms with Crippen LogP contribution in [0.2, 0.25) is 0 Å². The molecule has 2 aliphatic rings. The van der Waals surface area contributed by atoms with Crippen LogP contribution >= 0.6 is 0 Å². The molecular formula is C32H37N5O. The van der Waals surface area contributed by atoms with Crippen LogP contribution < -0.4 is 14.7 Å². The molecule has 38 heavy (non-hydrogen) atoms. The van der Waals surface area contributed by atoms with Gasteiger partial charge in [-0.3, -0.25) is 4.90 Å². The van der Waals surface area contributed by atoms with Gasteiger partial charge in [0.1, 0.15) is 12.3 Å². The Bertz CT molecular complexity index is 1390. The molecule has 3 aromatic carbocycles. The van der Waals surface area contributed by atoms with Crippen molar-refractivity contribution in [3.8, 4) is 0 Å². The Labute approximate surface area is 225 Å². The standard InChI is InChI=1S/C32H37N5O/c1-34(2)26-13-10-25(11-14-26)32(23-38)37-27(15-12-24-6-3-4-8-30(24)37)22-35-18-20-36(21-19-35)31-9-5-7-29-28(31)16-17-33-29/h3-11,13-14,16-17,23,27,32-33H,12,15,18-22H2,1-2H3. The van der Waals surface area contributed by atoms with Crippen molar-refractivity contribution in [2.45, 2.75) is 24.9 Å². The average Bonchev–Trinajstić information content (AvgIpc) is 3.44. The van der Waals surface area contributed by atoms with Crippen molar-refractivity contribution in [1.82, 2.24) is 9.88 Å². The van der Waals surface area contributed by atoms with Gasteiger partial charge in [0.15, 0.2) is 0 Å². The summed E-state index contributed by atoms with van der Waals surface area (Å²) in [4.78, 5) is 25.6. The molecule has 0 bridgehead atoms. The molecule has 196 valence electrons. The third-order valence-corrected chi connectivity index (χ3v) is 8.34. The number of benzene rings is 3. The molecule has 6 heteroatoms. The van der Waals surface area contributed by atoms with Crippen LogP contribution in [0.4, 0.5) is 17.1 Å². The molecular weight excluding hydrogens is 470 g/mol. The third-order valence-electron chi connectivity index (χ3n) is 8.34. The Morgan fingerprint density at radius 1 is 0.921 bits per heavy atom. The highest BCUT2D eigenvalue weighted by Gasteiger charge is 2.34. The van der Waals surface area contributed by atoms with E-state index < -0.39 is 0 Å². The highest BCUT2D eigenvalue weighted by atomic mass is 16.1. The number of hydrogen-bond acceptors (Lipinski definition) is 5. The average molecular weight is 508 g/mol. The van der Waals surface area contributed by atoms with Gasteiger partial charge in [0.2, 0.25) is 0 Å². The molecule has 1 saturated heterocycles. The summed E-state index contributed by atoms with van der Waals surface area (Å²) in [6.07, 6.45) is 5.27. The van der Waals surface area contributed by atoms with E-state index in [4.69, 9.17) is 0 Å². The van der Waals surface area contributed by atoms with Crippen LogP contribution in [0.25, 0.3) is 10.9 Å². The Morgan fingerprint density at radius 3 is 2.45 bits per heavy atom. The van der Waals surface area contributed by atoms with E-state index in [9.17, 15) is 4.79 Å². The van der Waals surface area contributed by atoms with E-state index in [1.165, 1.54) is 27.8 Å². The first-order chi connectivity index (χ1) is 18.6.